The standard InChI is InChI=1S/C17H24N4O3.HI/c1-5-22-13-7-8-15(23-6-2)14(9-13)21-17(18)19-10-16-20-11(3)12(4)24-16;/h7-9H,5-6,10H2,1-4H3,(H3,18,19,21);1H. The Balaban J connectivity index is 0.00000312. The summed E-state index contributed by atoms with van der Waals surface area (Å²) >= 11 is 0. The van der Waals surface area contributed by atoms with Gasteiger partial charge in [-0.25, -0.2) is 9.98 Å². The third-order valence-electron chi connectivity index (χ3n) is 3.28. The fourth-order valence-corrected chi connectivity index (χ4v) is 2.08. The third kappa shape index (κ3) is 6.11. The quantitative estimate of drug-likeness (QED) is 0.372. The number of rotatable bonds is 7. The van der Waals surface area contributed by atoms with Crippen LogP contribution in [-0.4, -0.2) is 24.2 Å². The Morgan fingerprint density at radius 1 is 1.24 bits per heavy atom. The molecule has 1 heterocycles. The van der Waals surface area contributed by atoms with Crippen molar-refractivity contribution in [3.8, 4) is 11.5 Å². The second kappa shape index (κ2) is 10.1. The van der Waals surface area contributed by atoms with Crippen LogP contribution >= 0.6 is 24.0 Å². The van der Waals surface area contributed by atoms with Gasteiger partial charge in [-0.05, 0) is 39.8 Å². The van der Waals surface area contributed by atoms with Gasteiger partial charge in [0.05, 0.1) is 24.6 Å². The fourth-order valence-electron chi connectivity index (χ4n) is 2.08. The monoisotopic (exact) mass is 460 g/mol. The Labute approximate surface area is 165 Å². The molecule has 2 rings (SSSR count). The van der Waals surface area contributed by atoms with E-state index in [2.05, 4.69) is 15.3 Å². The highest BCUT2D eigenvalue weighted by atomic mass is 127. The summed E-state index contributed by atoms with van der Waals surface area (Å²) in [7, 11) is 0. The average Bonchev–Trinajstić information content (AvgIpc) is 2.87. The molecule has 0 fully saturated rings. The number of aliphatic imine (C=N–C) groups is 1. The second-order valence-electron chi connectivity index (χ2n) is 5.10. The van der Waals surface area contributed by atoms with Gasteiger partial charge in [0, 0.05) is 6.07 Å². The Kier molecular flexibility index (Phi) is 8.53. The maximum Gasteiger partial charge on any atom is 0.216 e. The van der Waals surface area contributed by atoms with Crippen LogP contribution in [0.15, 0.2) is 27.6 Å². The zero-order valence-electron chi connectivity index (χ0n) is 15.0. The van der Waals surface area contributed by atoms with E-state index >= 15 is 0 Å². The lowest BCUT2D eigenvalue weighted by molar-refractivity contribution is 0.332. The van der Waals surface area contributed by atoms with Gasteiger partial charge in [0.25, 0.3) is 0 Å². The summed E-state index contributed by atoms with van der Waals surface area (Å²) in [4.78, 5) is 8.52. The fraction of sp³-hybridized carbons (Fsp3) is 0.412. The van der Waals surface area contributed by atoms with E-state index in [0.29, 0.717) is 30.5 Å². The molecule has 3 N–H and O–H groups in total. The first-order valence-corrected chi connectivity index (χ1v) is 7.93. The summed E-state index contributed by atoms with van der Waals surface area (Å²) in [5, 5.41) is 3.04. The van der Waals surface area contributed by atoms with E-state index in [1.54, 1.807) is 0 Å². The number of ether oxygens (including phenoxy) is 2. The molecule has 0 atom stereocenters. The Morgan fingerprint density at radius 2 is 1.96 bits per heavy atom. The van der Waals surface area contributed by atoms with Gasteiger partial charge in [-0.3, -0.25) is 0 Å². The van der Waals surface area contributed by atoms with Gasteiger partial charge in [0.2, 0.25) is 5.89 Å². The van der Waals surface area contributed by atoms with Crippen molar-refractivity contribution in [3.05, 3.63) is 35.5 Å². The van der Waals surface area contributed by atoms with Crippen LogP contribution in [0.25, 0.3) is 0 Å². The second-order valence-corrected chi connectivity index (χ2v) is 5.10. The molecule has 0 unspecified atom stereocenters. The minimum atomic E-state index is 0. The van der Waals surface area contributed by atoms with E-state index in [1.807, 2.05) is 45.9 Å². The van der Waals surface area contributed by atoms with Gasteiger partial charge in [0.1, 0.15) is 23.8 Å². The number of anilines is 1. The lowest BCUT2D eigenvalue weighted by Gasteiger charge is -2.13. The molecule has 0 aliphatic heterocycles. The van der Waals surface area contributed by atoms with Crippen molar-refractivity contribution in [2.24, 2.45) is 10.7 Å². The van der Waals surface area contributed by atoms with Crippen LogP contribution in [0.5, 0.6) is 11.5 Å². The van der Waals surface area contributed by atoms with Crippen LogP contribution in [-0.2, 0) is 6.54 Å². The van der Waals surface area contributed by atoms with Crippen molar-refractivity contribution in [1.29, 1.82) is 0 Å². The zero-order chi connectivity index (χ0) is 17.5. The highest BCUT2D eigenvalue weighted by Crippen LogP contribution is 2.29. The zero-order valence-corrected chi connectivity index (χ0v) is 17.3. The van der Waals surface area contributed by atoms with Crippen molar-refractivity contribution in [1.82, 2.24) is 4.98 Å². The maximum absolute atomic E-state index is 5.96. The predicted octanol–water partition coefficient (Wildman–Crippen LogP) is 3.63. The van der Waals surface area contributed by atoms with E-state index < -0.39 is 0 Å². The number of nitrogens with two attached hydrogens (primary N) is 1. The SMILES string of the molecule is CCOc1ccc(OCC)c(NC(N)=NCc2nc(C)c(C)o2)c1.I. The van der Waals surface area contributed by atoms with Crippen LogP contribution in [0.2, 0.25) is 0 Å². The van der Waals surface area contributed by atoms with Crippen molar-refractivity contribution in [3.63, 3.8) is 0 Å². The number of halogens is 1. The summed E-state index contributed by atoms with van der Waals surface area (Å²) in [6.07, 6.45) is 0. The van der Waals surface area contributed by atoms with E-state index in [-0.39, 0.29) is 36.5 Å². The predicted molar refractivity (Wildman–Crippen MR) is 109 cm³/mol. The number of guanidine groups is 1. The number of hydrogen-bond donors (Lipinski definition) is 2. The van der Waals surface area contributed by atoms with Gasteiger partial charge < -0.3 is 24.9 Å². The number of oxazole rings is 1. The topological polar surface area (TPSA) is 94.9 Å². The molecule has 138 valence electrons. The molecule has 0 spiro atoms. The van der Waals surface area contributed by atoms with Crippen molar-refractivity contribution in [2.45, 2.75) is 34.2 Å². The average molecular weight is 460 g/mol. The van der Waals surface area contributed by atoms with Crippen molar-refractivity contribution < 1.29 is 13.9 Å². The highest BCUT2D eigenvalue weighted by molar-refractivity contribution is 14.0. The molecule has 0 radical (unpaired) electrons. The van der Waals surface area contributed by atoms with Crippen LogP contribution in [0.1, 0.15) is 31.2 Å². The minimum absolute atomic E-state index is 0. The first-order valence-electron chi connectivity index (χ1n) is 7.93. The number of aryl methyl sites for hydroxylation is 2. The molecule has 2 aromatic rings. The summed E-state index contributed by atoms with van der Waals surface area (Å²) in [5.74, 6) is 2.98. The summed E-state index contributed by atoms with van der Waals surface area (Å²) in [6, 6.07) is 5.52. The maximum atomic E-state index is 5.96. The molecule has 0 saturated carbocycles. The molecule has 7 nitrogen and oxygen atoms in total. The molecule has 0 bridgehead atoms. The smallest absolute Gasteiger partial charge is 0.216 e. The Morgan fingerprint density at radius 3 is 2.56 bits per heavy atom. The molecule has 0 saturated heterocycles. The molecule has 1 aromatic carbocycles. The number of benzene rings is 1. The van der Waals surface area contributed by atoms with Gasteiger partial charge >= 0.3 is 0 Å². The van der Waals surface area contributed by atoms with E-state index in [9.17, 15) is 0 Å². The summed E-state index contributed by atoms with van der Waals surface area (Å²) < 4.78 is 16.6. The first-order chi connectivity index (χ1) is 11.5. The number of aromatic nitrogens is 1. The summed E-state index contributed by atoms with van der Waals surface area (Å²) in [6.45, 7) is 9.01. The van der Waals surface area contributed by atoms with Gasteiger partial charge in [-0.1, -0.05) is 0 Å². The third-order valence-corrected chi connectivity index (χ3v) is 3.28. The van der Waals surface area contributed by atoms with Crippen LogP contribution in [0.3, 0.4) is 0 Å². The van der Waals surface area contributed by atoms with Gasteiger partial charge in [-0.2, -0.15) is 0 Å². The van der Waals surface area contributed by atoms with Crippen molar-refractivity contribution in [2.75, 3.05) is 18.5 Å². The largest absolute Gasteiger partial charge is 0.494 e. The van der Waals surface area contributed by atoms with Crippen LogP contribution < -0.4 is 20.5 Å². The van der Waals surface area contributed by atoms with Gasteiger partial charge in [0.15, 0.2) is 5.96 Å². The van der Waals surface area contributed by atoms with Crippen molar-refractivity contribution >= 4 is 35.6 Å². The lowest BCUT2D eigenvalue weighted by atomic mass is 10.2. The molecule has 25 heavy (non-hydrogen) atoms. The van der Waals surface area contributed by atoms with Crippen LogP contribution in [0.4, 0.5) is 5.69 Å². The molecule has 0 aliphatic carbocycles. The van der Waals surface area contributed by atoms with E-state index in [0.717, 1.165) is 17.2 Å². The molecule has 8 heteroatoms. The number of hydrogen-bond acceptors (Lipinski definition) is 5. The minimum Gasteiger partial charge on any atom is -0.494 e. The summed E-state index contributed by atoms with van der Waals surface area (Å²) in [5.41, 5.74) is 7.51. The number of nitrogens with zero attached hydrogens (tertiary/aromatic N) is 2. The molecule has 0 amide bonds. The highest BCUT2D eigenvalue weighted by Gasteiger charge is 2.08. The Hall–Kier alpha value is -1.97. The number of nitrogens with one attached hydrogen (secondary N) is 1. The Bertz CT molecular complexity index is 696. The molecule has 1 aromatic heterocycles. The molecule has 0 aliphatic rings. The van der Waals surface area contributed by atoms with E-state index in [1.165, 1.54) is 0 Å². The van der Waals surface area contributed by atoms with Crippen LogP contribution in [0, 0.1) is 13.8 Å². The van der Waals surface area contributed by atoms with Gasteiger partial charge in [-0.15, -0.1) is 24.0 Å². The lowest BCUT2D eigenvalue weighted by Crippen LogP contribution is -2.23. The first kappa shape index (κ1) is 21.1. The molecular weight excluding hydrogens is 435 g/mol. The molecular formula is C17H25IN4O3. The normalized spacial score (nSPS) is 11.0. The van der Waals surface area contributed by atoms with E-state index in [4.69, 9.17) is 19.6 Å².